The highest BCUT2D eigenvalue weighted by atomic mass is 16.5. The van der Waals surface area contributed by atoms with Gasteiger partial charge in [0.25, 0.3) is 0 Å². The molecule has 0 spiro atoms. The predicted octanol–water partition coefficient (Wildman–Crippen LogP) is 4.77. The SMILES string of the molecule is CCOC1CC(NC2CC(C)(C)CC(C)(C)C2)C1(C)CC. The van der Waals surface area contributed by atoms with E-state index in [2.05, 4.69) is 53.8 Å². The lowest BCUT2D eigenvalue weighted by Crippen LogP contribution is -2.64. The van der Waals surface area contributed by atoms with Crippen LogP contribution < -0.4 is 5.32 Å². The third-order valence-corrected chi connectivity index (χ3v) is 6.10. The summed E-state index contributed by atoms with van der Waals surface area (Å²) in [6.07, 6.45) is 6.81. The second-order valence-corrected chi connectivity index (χ2v) is 9.37. The van der Waals surface area contributed by atoms with Crippen molar-refractivity contribution < 1.29 is 4.74 Å². The molecule has 2 saturated carbocycles. The lowest BCUT2D eigenvalue weighted by atomic mass is 9.59. The summed E-state index contributed by atoms with van der Waals surface area (Å²) in [5.41, 5.74) is 1.25. The minimum Gasteiger partial charge on any atom is -0.378 e. The number of hydrogen-bond acceptors (Lipinski definition) is 2. The molecule has 0 radical (unpaired) electrons. The van der Waals surface area contributed by atoms with Crippen LogP contribution in [0.25, 0.3) is 0 Å². The van der Waals surface area contributed by atoms with Gasteiger partial charge in [-0.15, -0.1) is 0 Å². The van der Waals surface area contributed by atoms with E-state index < -0.39 is 0 Å². The molecular formula is C19H37NO. The van der Waals surface area contributed by atoms with Crippen LogP contribution in [0.3, 0.4) is 0 Å². The Hall–Kier alpha value is -0.0800. The molecule has 3 unspecified atom stereocenters. The molecule has 0 saturated heterocycles. The van der Waals surface area contributed by atoms with Crippen molar-refractivity contribution in [1.82, 2.24) is 5.32 Å². The van der Waals surface area contributed by atoms with Gasteiger partial charge in [0, 0.05) is 24.1 Å². The van der Waals surface area contributed by atoms with Gasteiger partial charge < -0.3 is 10.1 Å². The molecule has 21 heavy (non-hydrogen) atoms. The molecule has 0 aromatic carbocycles. The van der Waals surface area contributed by atoms with Crippen molar-refractivity contribution >= 4 is 0 Å². The van der Waals surface area contributed by atoms with E-state index in [0.29, 0.717) is 34.4 Å². The molecule has 0 amide bonds. The molecule has 2 aliphatic rings. The van der Waals surface area contributed by atoms with Crippen LogP contribution in [0.4, 0.5) is 0 Å². The standard InChI is InChI=1S/C19H37NO/c1-8-19(7)15(10-16(19)21-9-2)20-14-11-17(3,4)13-18(5,6)12-14/h14-16,20H,8-13H2,1-7H3. The van der Waals surface area contributed by atoms with E-state index in [4.69, 9.17) is 4.74 Å². The van der Waals surface area contributed by atoms with E-state index in [9.17, 15) is 0 Å². The molecule has 124 valence electrons. The van der Waals surface area contributed by atoms with Crippen LogP contribution in [-0.4, -0.2) is 24.8 Å². The van der Waals surface area contributed by atoms with E-state index >= 15 is 0 Å². The Morgan fingerprint density at radius 3 is 2.05 bits per heavy atom. The topological polar surface area (TPSA) is 21.3 Å². The summed E-state index contributed by atoms with van der Waals surface area (Å²) in [5.74, 6) is 0. The quantitative estimate of drug-likeness (QED) is 0.788. The van der Waals surface area contributed by atoms with Crippen LogP contribution in [0.1, 0.15) is 80.6 Å². The molecule has 2 fully saturated rings. The van der Waals surface area contributed by atoms with Gasteiger partial charge in [0.15, 0.2) is 0 Å². The summed E-state index contributed by atoms with van der Waals surface area (Å²) >= 11 is 0. The molecular weight excluding hydrogens is 258 g/mol. The Kier molecular flexibility index (Phi) is 4.81. The average molecular weight is 296 g/mol. The first-order valence-corrected chi connectivity index (χ1v) is 8.99. The van der Waals surface area contributed by atoms with Crippen molar-refractivity contribution in [3.8, 4) is 0 Å². The molecule has 2 nitrogen and oxygen atoms in total. The minimum atomic E-state index is 0.321. The lowest BCUT2D eigenvalue weighted by Gasteiger charge is -2.56. The maximum atomic E-state index is 5.95. The van der Waals surface area contributed by atoms with Crippen LogP contribution in [-0.2, 0) is 4.74 Å². The molecule has 0 aromatic rings. The average Bonchev–Trinajstić information content (AvgIpc) is 2.32. The normalized spacial score (nSPS) is 39.0. The van der Waals surface area contributed by atoms with Crippen molar-refractivity contribution in [2.45, 2.75) is 98.8 Å². The van der Waals surface area contributed by atoms with E-state index in [1.807, 2.05) is 0 Å². The van der Waals surface area contributed by atoms with Crippen LogP contribution in [0, 0.1) is 16.2 Å². The van der Waals surface area contributed by atoms with Crippen molar-refractivity contribution in [3.05, 3.63) is 0 Å². The fraction of sp³-hybridized carbons (Fsp3) is 1.00. The summed E-state index contributed by atoms with van der Waals surface area (Å²) in [7, 11) is 0. The van der Waals surface area contributed by atoms with Crippen LogP contribution in [0.15, 0.2) is 0 Å². The van der Waals surface area contributed by atoms with Gasteiger partial charge in [-0.1, -0.05) is 41.5 Å². The predicted molar refractivity (Wildman–Crippen MR) is 90.6 cm³/mol. The second kappa shape index (κ2) is 5.85. The first kappa shape index (κ1) is 17.3. The highest BCUT2D eigenvalue weighted by Crippen LogP contribution is 2.49. The second-order valence-electron chi connectivity index (χ2n) is 9.37. The van der Waals surface area contributed by atoms with Gasteiger partial charge >= 0.3 is 0 Å². The highest BCUT2D eigenvalue weighted by molar-refractivity contribution is 5.06. The Bertz CT molecular complexity index is 347. The van der Waals surface area contributed by atoms with E-state index in [0.717, 1.165) is 6.61 Å². The number of hydrogen-bond donors (Lipinski definition) is 1. The van der Waals surface area contributed by atoms with Crippen molar-refractivity contribution in [2.24, 2.45) is 16.2 Å². The molecule has 0 aliphatic heterocycles. The maximum Gasteiger partial charge on any atom is 0.0658 e. The molecule has 2 aliphatic carbocycles. The van der Waals surface area contributed by atoms with Crippen molar-refractivity contribution in [1.29, 1.82) is 0 Å². The zero-order valence-electron chi connectivity index (χ0n) is 15.4. The summed E-state index contributed by atoms with van der Waals surface area (Å²) < 4.78 is 5.95. The maximum absolute atomic E-state index is 5.95. The van der Waals surface area contributed by atoms with Gasteiger partial charge in [-0.2, -0.15) is 0 Å². The first-order chi connectivity index (χ1) is 9.62. The molecule has 0 heterocycles. The summed E-state index contributed by atoms with van der Waals surface area (Å²) in [6, 6.07) is 1.30. The third-order valence-electron chi connectivity index (χ3n) is 6.10. The van der Waals surface area contributed by atoms with E-state index in [1.54, 1.807) is 0 Å². The van der Waals surface area contributed by atoms with E-state index in [-0.39, 0.29) is 0 Å². The Labute approximate surface area is 132 Å². The van der Waals surface area contributed by atoms with E-state index in [1.165, 1.54) is 32.1 Å². The fourth-order valence-corrected chi connectivity index (χ4v) is 5.26. The number of nitrogens with one attached hydrogen (secondary N) is 1. The molecule has 3 atom stereocenters. The van der Waals surface area contributed by atoms with Gasteiger partial charge in [0.05, 0.1) is 6.10 Å². The van der Waals surface area contributed by atoms with Crippen molar-refractivity contribution in [2.75, 3.05) is 6.61 Å². The van der Waals surface area contributed by atoms with Gasteiger partial charge in [-0.05, 0) is 49.9 Å². The summed E-state index contributed by atoms with van der Waals surface area (Å²) in [6.45, 7) is 17.4. The Morgan fingerprint density at radius 2 is 1.57 bits per heavy atom. The molecule has 0 bridgehead atoms. The first-order valence-electron chi connectivity index (χ1n) is 8.99. The third kappa shape index (κ3) is 3.64. The number of rotatable bonds is 5. The summed E-state index contributed by atoms with van der Waals surface area (Å²) in [4.78, 5) is 0. The summed E-state index contributed by atoms with van der Waals surface area (Å²) in [5, 5.41) is 4.02. The Morgan fingerprint density at radius 1 is 1.00 bits per heavy atom. The minimum absolute atomic E-state index is 0.321. The van der Waals surface area contributed by atoms with Gasteiger partial charge in [0.1, 0.15) is 0 Å². The van der Waals surface area contributed by atoms with Crippen LogP contribution in [0.5, 0.6) is 0 Å². The molecule has 2 rings (SSSR count). The smallest absolute Gasteiger partial charge is 0.0658 e. The van der Waals surface area contributed by atoms with Gasteiger partial charge in [-0.3, -0.25) is 0 Å². The Balaban J connectivity index is 1.99. The largest absolute Gasteiger partial charge is 0.378 e. The zero-order chi connectivity index (χ0) is 15.9. The molecule has 2 heteroatoms. The monoisotopic (exact) mass is 295 g/mol. The van der Waals surface area contributed by atoms with Crippen molar-refractivity contribution in [3.63, 3.8) is 0 Å². The van der Waals surface area contributed by atoms with Gasteiger partial charge in [0.2, 0.25) is 0 Å². The molecule has 1 N–H and O–H groups in total. The zero-order valence-corrected chi connectivity index (χ0v) is 15.4. The molecule has 0 aromatic heterocycles. The van der Waals surface area contributed by atoms with Gasteiger partial charge in [-0.25, -0.2) is 0 Å². The highest BCUT2D eigenvalue weighted by Gasteiger charge is 2.52. The van der Waals surface area contributed by atoms with Crippen LogP contribution in [0.2, 0.25) is 0 Å². The number of ether oxygens (including phenoxy) is 1. The fourth-order valence-electron chi connectivity index (χ4n) is 5.26. The van der Waals surface area contributed by atoms with Crippen LogP contribution >= 0.6 is 0 Å². The lowest BCUT2D eigenvalue weighted by molar-refractivity contribution is -0.131.